The van der Waals surface area contributed by atoms with E-state index >= 15 is 0 Å². The molecule has 1 aliphatic rings. The van der Waals surface area contributed by atoms with E-state index in [4.69, 9.17) is 16.3 Å². The van der Waals surface area contributed by atoms with Crippen molar-refractivity contribution in [1.29, 1.82) is 0 Å². The Morgan fingerprint density at radius 2 is 1.56 bits per heavy atom. The van der Waals surface area contributed by atoms with E-state index in [1.54, 1.807) is 10.4 Å². The summed E-state index contributed by atoms with van der Waals surface area (Å²) in [5, 5.41) is 9.87. The number of sulfonamides is 1. The maximum atomic E-state index is 12.9. The Hall–Kier alpha value is -2.91. The number of hydrogen-bond donors (Lipinski definition) is 1. The lowest BCUT2D eigenvalue weighted by Crippen LogP contribution is -2.48. The number of carboxylic acids is 1. The standard InChI is InChI=1S/C27H29ClN2O5S/c28-25-9-6-21(7-10-25)19-35-26-11-8-23(17-27(31)32)16-24(26)18-29-12-14-30(15-13-29)36(33,34)20-22-4-2-1-3-5-22/h1-11,16H,12-15,17-20H2,(H,31,32). The van der Waals surface area contributed by atoms with E-state index in [0.29, 0.717) is 55.7 Å². The van der Waals surface area contributed by atoms with Crippen LogP contribution in [0.2, 0.25) is 5.02 Å². The predicted molar refractivity (Wildman–Crippen MR) is 139 cm³/mol. The number of halogens is 1. The summed E-state index contributed by atoms with van der Waals surface area (Å²) in [5.74, 6) is -0.223. The van der Waals surface area contributed by atoms with Gasteiger partial charge < -0.3 is 9.84 Å². The quantitative estimate of drug-likeness (QED) is 0.424. The molecule has 4 rings (SSSR count). The Kier molecular flexibility index (Phi) is 8.64. The number of carboxylic acid groups (broad SMARTS) is 1. The molecule has 1 N–H and O–H groups in total. The zero-order chi connectivity index (χ0) is 25.5. The first kappa shape index (κ1) is 26.2. The predicted octanol–water partition coefficient (Wildman–Crippen LogP) is 4.19. The second-order valence-electron chi connectivity index (χ2n) is 8.84. The van der Waals surface area contributed by atoms with Crippen molar-refractivity contribution in [3.05, 3.63) is 100 Å². The van der Waals surface area contributed by atoms with Crippen molar-refractivity contribution >= 4 is 27.6 Å². The third-order valence-electron chi connectivity index (χ3n) is 6.10. The van der Waals surface area contributed by atoms with E-state index in [1.807, 2.05) is 66.7 Å². The van der Waals surface area contributed by atoms with Crippen molar-refractivity contribution in [2.75, 3.05) is 26.2 Å². The van der Waals surface area contributed by atoms with Crippen LogP contribution in [-0.2, 0) is 40.1 Å². The number of ether oxygens (including phenoxy) is 1. The van der Waals surface area contributed by atoms with Gasteiger partial charge in [0.15, 0.2) is 0 Å². The van der Waals surface area contributed by atoms with Crippen molar-refractivity contribution in [3.63, 3.8) is 0 Å². The average molecular weight is 529 g/mol. The highest BCUT2D eigenvalue weighted by Crippen LogP contribution is 2.25. The molecule has 1 fully saturated rings. The second-order valence-corrected chi connectivity index (χ2v) is 11.3. The van der Waals surface area contributed by atoms with Gasteiger partial charge in [0.2, 0.25) is 10.0 Å². The summed E-state index contributed by atoms with van der Waals surface area (Å²) in [5.41, 5.74) is 3.32. The normalized spacial score (nSPS) is 15.0. The molecule has 0 aliphatic carbocycles. The lowest BCUT2D eigenvalue weighted by molar-refractivity contribution is -0.136. The van der Waals surface area contributed by atoms with Gasteiger partial charge in [-0.05, 0) is 34.9 Å². The zero-order valence-corrected chi connectivity index (χ0v) is 21.4. The Morgan fingerprint density at radius 1 is 0.889 bits per heavy atom. The maximum Gasteiger partial charge on any atom is 0.307 e. The summed E-state index contributed by atoms with van der Waals surface area (Å²) in [6, 6.07) is 22.1. The largest absolute Gasteiger partial charge is 0.489 e. The van der Waals surface area contributed by atoms with Gasteiger partial charge in [-0.25, -0.2) is 8.42 Å². The number of carbonyl (C=O) groups is 1. The summed E-state index contributed by atoms with van der Waals surface area (Å²) in [7, 11) is -3.40. The van der Waals surface area contributed by atoms with Crippen LogP contribution in [0.1, 0.15) is 22.3 Å². The lowest BCUT2D eigenvalue weighted by atomic mass is 10.1. The molecule has 0 saturated carbocycles. The van der Waals surface area contributed by atoms with Crippen LogP contribution in [0, 0.1) is 0 Å². The zero-order valence-electron chi connectivity index (χ0n) is 19.8. The first-order chi connectivity index (χ1) is 17.3. The van der Waals surface area contributed by atoms with Gasteiger partial charge >= 0.3 is 5.97 Å². The highest BCUT2D eigenvalue weighted by atomic mass is 35.5. The Bertz CT molecular complexity index is 1280. The summed E-state index contributed by atoms with van der Waals surface area (Å²) in [6.07, 6.45) is -0.0734. The van der Waals surface area contributed by atoms with Crippen LogP contribution in [0.5, 0.6) is 5.75 Å². The van der Waals surface area contributed by atoms with E-state index < -0.39 is 16.0 Å². The Labute approximate surface area is 216 Å². The first-order valence-corrected chi connectivity index (χ1v) is 13.7. The third kappa shape index (κ3) is 7.30. The molecule has 0 radical (unpaired) electrons. The fourth-order valence-corrected chi connectivity index (χ4v) is 5.85. The van der Waals surface area contributed by atoms with Crippen LogP contribution in [0.15, 0.2) is 72.8 Å². The number of hydrogen-bond acceptors (Lipinski definition) is 5. The fraction of sp³-hybridized carbons (Fsp3) is 0.296. The van der Waals surface area contributed by atoms with Gasteiger partial charge in [0.05, 0.1) is 12.2 Å². The van der Waals surface area contributed by atoms with Crippen LogP contribution in [-0.4, -0.2) is 54.9 Å². The van der Waals surface area contributed by atoms with Crippen molar-refractivity contribution < 1.29 is 23.1 Å². The molecule has 190 valence electrons. The van der Waals surface area contributed by atoms with Gasteiger partial charge in [0.1, 0.15) is 12.4 Å². The smallest absolute Gasteiger partial charge is 0.307 e. The molecule has 0 amide bonds. The molecule has 1 aliphatic heterocycles. The molecule has 0 aromatic heterocycles. The molecule has 0 unspecified atom stereocenters. The number of rotatable bonds is 10. The van der Waals surface area contributed by atoms with E-state index in [2.05, 4.69) is 4.90 Å². The minimum atomic E-state index is -3.40. The highest BCUT2D eigenvalue weighted by Gasteiger charge is 2.27. The molecule has 1 saturated heterocycles. The average Bonchev–Trinajstić information content (AvgIpc) is 2.85. The monoisotopic (exact) mass is 528 g/mol. The molecule has 3 aromatic carbocycles. The van der Waals surface area contributed by atoms with Crippen LogP contribution < -0.4 is 4.74 Å². The van der Waals surface area contributed by atoms with Crippen LogP contribution >= 0.6 is 11.6 Å². The Balaban J connectivity index is 1.41. The molecule has 1 heterocycles. The van der Waals surface area contributed by atoms with Gasteiger partial charge in [0, 0.05) is 43.3 Å². The van der Waals surface area contributed by atoms with Crippen molar-refractivity contribution in [3.8, 4) is 5.75 Å². The minimum absolute atomic E-state index is 0.00619. The molecule has 36 heavy (non-hydrogen) atoms. The Morgan fingerprint density at radius 3 is 2.22 bits per heavy atom. The van der Waals surface area contributed by atoms with Gasteiger partial charge in [-0.15, -0.1) is 0 Å². The molecular formula is C27H29ClN2O5S. The van der Waals surface area contributed by atoms with E-state index in [0.717, 1.165) is 16.7 Å². The van der Waals surface area contributed by atoms with Crippen LogP contribution in [0.4, 0.5) is 0 Å². The fourth-order valence-electron chi connectivity index (χ4n) is 4.21. The number of aliphatic carboxylic acids is 1. The molecular weight excluding hydrogens is 500 g/mol. The first-order valence-electron chi connectivity index (χ1n) is 11.7. The summed E-state index contributed by atoms with van der Waals surface area (Å²) in [6.45, 7) is 2.86. The van der Waals surface area contributed by atoms with Gasteiger partial charge in [-0.1, -0.05) is 66.2 Å². The summed E-state index contributed by atoms with van der Waals surface area (Å²) in [4.78, 5) is 13.4. The number of benzene rings is 3. The van der Waals surface area contributed by atoms with E-state index in [9.17, 15) is 18.3 Å². The molecule has 7 nitrogen and oxygen atoms in total. The van der Waals surface area contributed by atoms with Crippen LogP contribution in [0.25, 0.3) is 0 Å². The van der Waals surface area contributed by atoms with Crippen LogP contribution in [0.3, 0.4) is 0 Å². The lowest BCUT2D eigenvalue weighted by Gasteiger charge is -2.34. The molecule has 0 spiro atoms. The summed E-state index contributed by atoms with van der Waals surface area (Å²) >= 11 is 5.96. The van der Waals surface area contributed by atoms with Gasteiger partial charge in [0.25, 0.3) is 0 Å². The highest BCUT2D eigenvalue weighted by molar-refractivity contribution is 7.88. The maximum absolute atomic E-state index is 12.9. The summed E-state index contributed by atoms with van der Waals surface area (Å²) < 4.78 is 33.4. The third-order valence-corrected chi connectivity index (χ3v) is 8.20. The minimum Gasteiger partial charge on any atom is -0.489 e. The van der Waals surface area contributed by atoms with Crippen molar-refractivity contribution in [1.82, 2.24) is 9.21 Å². The van der Waals surface area contributed by atoms with Gasteiger partial charge in [-0.3, -0.25) is 9.69 Å². The number of nitrogens with zero attached hydrogens (tertiary/aromatic N) is 2. The molecule has 3 aromatic rings. The number of piperazine rings is 1. The molecule has 9 heteroatoms. The van der Waals surface area contributed by atoms with E-state index in [1.165, 1.54) is 0 Å². The van der Waals surface area contributed by atoms with Gasteiger partial charge in [-0.2, -0.15) is 4.31 Å². The second kappa shape index (κ2) is 11.9. The molecule has 0 atom stereocenters. The van der Waals surface area contributed by atoms with Crippen molar-refractivity contribution in [2.24, 2.45) is 0 Å². The van der Waals surface area contributed by atoms with E-state index in [-0.39, 0.29) is 12.2 Å². The molecule has 0 bridgehead atoms. The van der Waals surface area contributed by atoms with Crippen molar-refractivity contribution in [2.45, 2.75) is 25.3 Å². The topological polar surface area (TPSA) is 87.2 Å². The SMILES string of the molecule is O=C(O)Cc1ccc(OCc2ccc(Cl)cc2)c(CN2CCN(S(=O)(=O)Cc3ccccc3)CC2)c1.